The van der Waals surface area contributed by atoms with E-state index in [4.69, 9.17) is 5.11 Å². The Kier molecular flexibility index (Phi) is 7.55. The summed E-state index contributed by atoms with van der Waals surface area (Å²) in [6, 6.07) is 0.110. The van der Waals surface area contributed by atoms with E-state index >= 15 is 0 Å². The van der Waals surface area contributed by atoms with Crippen molar-refractivity contribution in [3.63, 3.8) is 0 Å². The maximum atomic E-state index is 12.1. The Hall–Kier alpha value is 0.180. The van der Waals surface area contributed by atoms with E-state index in [-0.39, 0.29) is 12.6 Å². The van der Waals surface area contributed by atoms with Gasteiger partial charge in [-0.1, -0.05) is 6.42 Å². The SMILES string of the molecule is CC1CCCCN1S(=O)(=O)NCCSCCCO. The van der Waals surface area contributed by atoms with E-state index in [1.807, 2.05) is 6.92 Å². The molecule has 0 aromatic carbocycles. The monoisotopic (exact) mass is 296 g/mol. The summed E-state index contributed by atoms with van der Waals surface area (Å²) in [5.41, 5.74) is 0. The quantitative estimate of drug-likeness (QED) is 0.650. The first-order valence-electron chi connectivity index (χ1n) is 6.53. The van der Waals surface area contributed by atoms with Crippen molar-refractivity contribution in [3.8, 4) is 0 Å². The molecule has 1 fully saturated rings. The van der Waals surface area contributed by atoms with Crippen molar-refractivity contribution >= 4 is 22.0 Å². The highest BCUT2D eigenvalue weighted by atomic mass is 32.2. The highest BCUT2D eigenvalue weighted by Gasteiger charge is 2.28. The Morgan fingerprint density at radius 3 is 2.83 bits per heavy atom. The summed E-state index contributed by atoms with van der Waals surface area (Å²) in [6.45, 7) is 3.26. The molecule has 0 bridgehead atoms. The number of thioether (sulfide) groups is 1. The molecular weight excluding hydrogens is 272 g/mol. The minimum atomic E-state index is -3.30. The Balaban J connectivity index is 2.26. The first kappa shape index (κ1) is 16.2. The van der Waals surface area contributed by atoms with E-state index in [0.717, 1.165) is 37.2 Å². The van der Waals surface area contributed by atoms with Gasteiger partial charge in [-0.2, -0.15) is 24.5 Å². The summed E-state index contributed by atoms with van der Waals surface area (Å²) in [5, 5.41) is 8.62. The molecule has 1 rings (SSSR count). The second-order valence-electron chi connectivity index (χ2n) is 4.54. The maximum absolute atomic E-state index is 12.1. The molecular formula is C11H24N2O3S2. The summed E-state index contributed by atoms with van der Waals surface area (Å²) in [6.07, 6.45) is 3.79. The van der Waals surface area contributed by atoms with Crippen LogP contribution in [0.5, 0.6) is 0 Å². The zero-order chi connectivity index (χ0) is 13.4. The number of nitrogens with zero attached hydrogens (tertiary/aromatic N) is 1. The van der Waals surface area contributed by atoms with Crippen LogP contribution in [0.3, 0.4) is 0 Å². The Morgan fingerprint density at radius 1 is 1.39 bits per heavy atom. The molecule has 0 radical (unpaired) electrons. The highest BCUT2D eigenvalue weighted by Crippen LogP contribution is 2.18. The standard InChI is InChI=1S/C11H24N2O3S2/c1-11-5-2-3-7-13(11)18(15,16)12-6-10-17-9-4-8-14/h11-12,14H,2-10H2,1H3. The van der Waals surface area contributed by atoms with Crippen LogP contribution < -0.4 is 4.72 Å². The van der Waals surface area contributed by atoms with Crippen molar-refractivity contribution in [2.24, 2.45) is 0 Å². The van der Waals surface area contributed by atoms with Gasteiger partial charge in [-0.05, 0) is 31.9 Å². The van der Waals surface area contributed by atoms with Gasteiger partial charge in [0.05, 0.1) is 0 Å². The summed E-state index contributed by atoms with van der Waals surface area (Å²) in [4.78, 5) is 0. The van der Waals surface area contributed by atoms with Gasteiger partial charge in [0.15, 0.2) is 0 Å². The van der Waals surface area contributed by atoms with Gasteiger partial charge < -0.3 is 5.11 Å². The van der Waals surface area contributed by atoms with Crippen molar-refractivity contribution < 1.29 is 13.5 Å². The fourth-order valence-corrected chi connectivity index (χ4v) is 4.41. The average molecular weight is 296 g/mol. The molecule has 1 heterocycles. The third kappa shape index (κ3) is 5.44. The van der Waals surface area contributed by atoms with Crippen molar-refractivity contribution in [3.05, 3.63) is 0 Å². The fraction of sp³-hybridized carbons (Fsp3) is 1.00. The lowest BCUT2D eigenvalue weighted by Crippen LogP contribution is -2.48. The Labute approximate surface area is 115 Å². The van der Waals surface area contributed by atoms with E-state index in [9.17, 15) is 8.42 Å². The molecule has 1 atom stereocenters. The van der Waals surface area contributed by atoms with Crippen LogP contribution in [-0.2, 0) is 10.2 Å². The number of nitrogens with one attached hydrogen (secondary N) is 1. The minimum absolute atomic E-state index is 0.110. The molecule has 0 aromatic heterocycles. The van der Waals surface area contributed by atoms with E-state index in [0.29, 0.717) is 13.1 Å². The van der Waals surface area contributed by atoms with Gasteiger partial charge in [0.1, 0.15) is 0 Å². The van der Waals surface area contributed by atoms with Gasteiger partial charge in [0.25, 0.3) is 10.2 Å². The number of aliphatic hydroxyl groups is 1. The molecule has 7 heteroatoms. The largest absolute Gasteiger partial charge is 0.396 e. The van der Waals surface area contributed by atoms with Gasteiger partial charge in [-0.3, -0.25) is 0 Å². The average Bonchev–Trinajstić information content (AvgIpc) is 2.34. The number of piperidine rings is 1. The third-order valence-electron chi connectivity index (χ3n) is 3.03. The molecule has 108 valence electrons. The Bertz CT molecular complexity index is 322. The topological polar surface area (TPSA) is 69.6 Å². The number of hydrogen-bond donors (Lipinski definition) is 2. The van der Waals surface area contributed by atoms with Crippen LogP contribution in [0.2, 0.25) is 0 Å². The zero-order valence-electron chi connectivity index (χ0n) is 11.0. The predicted molar refractivity (Wildman–Crippen MR) is 76.0 cm³/mol. The summed E-state index contributed by atoms with van der Waals surface area (Å²) in [7, 11) is -3.30. The molecule has 1 aliphatic rings. The van der Waals surface area contributed by atoms with Gasteiger partial charge in [0.2, 0.25) is 0 Å². The van der Waals surface area contributed by atoms with Gasteiger partial charge in [-0.15, -0.1) is 0 Å². The second kappa shape index (κ2) is 8.37. The van der Waals surface area contributed by atoms with Crippen LogP contribution in [0.1, 0.15) is 32.6 Å². The zero-order valence-corrected chi connectivity index (χ0v) is 12.6. The molecule has 1 unspecified atom stereocenters. The number of rotatable bonds is 8. The Morgan fingerprint density at radius 2 is 2.17 bits per heavy atom. The first-order valence-corrected chi connectivity index (χ1v) is 9.12. The molecule has 0 spiro atoms. The molecule has 18 heavy (non-hydrogen) atoms. The first-order chi connectivity index (χ1) is 8.58. The summed E-state index contributed by atoms with van der Waals surface area (Å²) in [5.74, 6) is 1.62. The molecule has 0 aromatic rings. The lowest BCUT2D eigenvalue weighted by atomic mass is 10.1. The summed E-state index contributed by atoms with van der Waals surface area (Å²) >= 11 is 1.66. The molecule has 5 nitrogen and oxygen atoms in total. The second-order valence-corrected chi connectivity index (χ2v) is 7.48. The molecule has 0 saturated carbocycles. The van der Waals surface area contributed by atoms with Crippen LogP contribution in [0, 0.1) is 0 Å². The van der Waals surface area contributed by atoms with E-state index in [1.165, 1.54) is 0 Å². The minimum Gasteiger partial charge on any atom is -0.396 e. The highest BCUT2D eigenvalue weighted by molar-refractivity contribution is 7.99. The van der Waals surface area contributed by atoms with Gasteiger partial charge in [-0.25, -0.2) is 4.72 Å². The van der Waals surface area contributed by atoms with Crippen molar-refractivity contribution in [1.82, 2.24) is 9.03 Å². The third-order valence-corrected chi connectivity index (χ3v) is 5.83. The van der Waals surface area contributed by atoms with Crippen LogP contribution in [0.15, 0.2) is 0 Å². The fourth-order valence-electron chi connectivity index (χ4n) is 2.02. The molecule has 0 aliphatic carbocycles. The van der Waals surface area contributed by atoms with Crippen LogP contribution in [0.25, 0.3) is 0 Å². The lowest BCUT2D eigenvalue weighted by molar-refractivity contribution is 0.265. The normalized spacial score (nSPS) is 22.2. The van der Waals surface area contributed by atoms with Gasteiger partial charge in [0, 0.05) is 31.5 Å². The molecule has 1 aliphatic heterocycles. The maximum Gasteiger partial charge on any atom is 0.279 e. The molecule has 1 saturated heterocycles. The molecule has 2 N–H and O–H groups in total. The smallest absolute Gasteiger partial charge is 0.279 e. The van der Waals surface area contributed by atoms with E-state index < -0.39 is 10.2 Å². The van der Waals surface area contributed by atoms with Crippen LogP contribution in [0.4, 0.5) is 0 Å². The van der Waals surface area contributed by atoms with Crippen molar-refractivity contribution in [1.29, 1.82) is 0 Å². The van der Waals surface area contributed by atoms with Crippen molar-refractivity contribution in [2.75, 3.05) is 31.2 Å². The molecule has 0 amide bonds. The number of aliphatic hydroxyl groups excluding tert-OH is 1. The van der Waals surface area contributed by atoms with E-state index in [1.54, 1.807) is 16.1 Å². The van der Waals surface area contributed by atoms with Crippen LogP contribution in [-0.4, -0.2) is 55.1 Å². The number of hydrogen-bond acceptors (Lipinski definition) is 4. The van der Waals surface area contributed by atoms with Crippen molar-refractivity contribution in [2.45, 2.75) is 38.6 Å². The lowest BCUT2D eigenvalue weighted by Gasteiger charge is -2.32. The van der Waals surface area contributed by atoms with Gasteiger partial charge >= 0.3 is 0 Å². The van der Waals surface area contributed by atoms with E-state index in [2.05, 4.69) is 4.72 Å². The summed E-state index contributed by atoms with van der Waals surface area (Å²) < 4.78 is 28.3. The predicted octanol–water partition coefficient (Wildman–Crippen LogP) is 0.811. The van der Waals surface area contributed by atoms with Crippen LogP contribution >= 0.6 is 11.8 Å².